The van der Waals surface area contributed by atoms with Gasteiger partial charge in [-0.25, -0.2) is 4.98 Å². The van der Waals surface area contributed by atoms with E-state index in [-0.39, 0.29) is 5.71 Å². The molecular formula is C13H13N3. The third-order valence-corrected chi connectivity index (χ3v) is 1.76. The van der Waals surface area contributed by atoms with E-state index in [2.05, 4.69) is 28.7 Å². The minimum Gasteiger partial charge on any atom is -0.347 e. The van der Waals surface area contributed by atoms with Crippen molar-refractivity contribution in [2.24, 2.45) is 0 Å². The Kier molecular flexibility index (Phi) is 4.55. The third-order valence-electron chi connectivity index (χ3n) is 1.76. The number of rotatable bonds is 4. The summed E-state index contributed by atoms with van der Waals surface area (Å²) in [7, 11) is 0. The van der Waals surface area contributed by atoms with Gasteiger partial charge in [-0.05, 0) is 36.6 Å². The van der Waals surface area contributed by atoms with E-state index in [9.17, 15) is 0 Å². The molecule has 0 aromatic carbocycles. The Bertz CT molecular complexity index is 458. The molecule has 1 aromatic rings. The van der Waals surface area contributed by atoms with Crippen molar-refractivity contribution in [3.8, 4) is 11.8 Å². The van der Waals surface area contributed by atoms with Gasteiger partial charge in [0.15, 0.2) is 0 Å². The summed E-state index contributed by atoms with van der Waals surface area (Å²) in [6, 6.07) is 3.75. The summed E-state index contributed by atoms with van der Waals surface area (Å²) in [4.78, 5) is 4.15. The Morgan fingerprint density at radius 1 is 1.56 bits per heavy atom. The molecule has 80 valence electrons. The lowest BCUT2D eigenvalue weighted by atomic mass is 10.3. The normalized spacial score (nSPS) is 9.31. The van der Waals surface area contributed by atoms with Crippen molar-refractivity contribution in [3.63, 3.8) is 0 Å². The van der Waals surface area contributed by atoms with E-state index in [0.717, 1.165) is 11.4 Å². The third kappa shape index (κ3) is 3.81. The Labute approximate surface area is 95.4 Å². The predicted octanol–water partition coefficient (Wildman–Crippen LogP) is 2.69. The van der Waals surface area contributed by atoms with E-state index in [1.165, 1.54) is 0 Å². The van der Waals surface area contributed by atoms with E-state index in [1.54, 1.807) is 31.5 Å². The van der Waals surface area contributed by atoms with Crippen LogP contribution in [0.1, 0.15) is 12.5 Å². The molecule has 3 heteroatoms. The summed E-state index contributed by atoms with van der Waals surface area (Å²) in [5.41, 5.74) is 1.23. The number of nitrogens with zero attached hydrogens (tertiary/aromatic N) is 1. The SMILES string of the molecule is C=Cc1ccc(N/C=C\C(=N)C#CC)nc1. The molecule has 0 saturated heterocycles. The van der Waals surface area contributed by atoms with Crippen molar-refractivity contribution >= 4 is 17.6 Å². The summed E-state index contributed by atoms with van der Waals surface area (Å²) in [5.74, 6) is 6.00. The van der Waals surface area contributed by atoms with E-state index < -0.39 is 0 Å². The number of aromatic nitrogens is 1. The lowest BCUT2D eigenvalue weighted by Gasteiger charge is -1.99. The van der Waals surface area contributed by atoms with Gasteiger partial charge in [-0.2, -0.15) is 0 Å². The second-order valence-electron chi connectivity index (χ2n) is 2.95. The molecule has 0 saturated carbocycles. The Morgan fingerprint density at radius 3 is 2.94 bits per heavy atom. The van der Waals surface area contributed by atoms with Crippen LogP contribution in [0.5, 0.6) is 0 Å². The van der Waals surface area contributed by atoms with Crippen LogP contribution in [-0.4, -0.2) is 10.7 Å². The van der Waals surface area contributed by atoms with Crippen LogP contribution < -0.4 is 5.32 Å². The zero-order valence-corrected chi connectivity index (χ0v) is 9.12. The number of hydrogen-bond acceptors (Lipinski definition) is 3. The second-order valence-corrected chi connectivity index (χ2v) is 2.95. The molecule has 3 nitrogen and oxygen atoms in total. The highest BCUT2D eigenvalue weighted by Crippen LogP contribution is 2.05. The van der Waals surface area contributed by atoms with E-state index in [4.69, 9.17) is 5.41 Å². The monoisotopic (exact) mass is 211 g/mol. The number of hydrogen-bond donors (Lipinski definition) is 2. The van der Waals surface area contributed by atoms with Crippen LogP contribution in [0.15, 0.2) is 37.2 Å². The highest BCUT2D eigenvalue weighted by Gasteiger charge is 1.90. The van der Waals surface area contributed by atoms with Gasteiger partial charge >= 0.3 is 0 Å². The maximum absolute atomic E-state index is 7.38. The number of anilines is 1. The molecule has 0 spiro atoms. The lowest BCUT2D eigenvalue weighted by molar-refractivity contribution is 1.30. The van der Waals surface area contributed by atoms with Crippen LogP contribution in [-0.2, 0) is 0 Å². The van der Waals surface area contributed by atoms with Crippen LogP contribution in [0.2, 0.25) is 0 Å². The maximum Gasteiger partial charge on any atom is 0.129 e. The van der Waals surface area contributed by atoms with Crippen molar-refractivity contribution in [1.29, 1.82) is 5.41 Å². The summed E-state index contributed by atoms with van der Waals surface area (Å²) >= 11 is 0. The minimum absolute atomic E-state index is 0.262. The molecule has 0 unspecified atom stereocenters. The predicted molar refractivity (Wildman–Crippen MR) is 68.3 cm³/mol. The molecule has 0 amide bonds. The standard InChI is InChI=1S/C13H13N3/c1-3-5-12(14)8-9-15-13-7-6-11(4-2)10-16-13/h4,6-10,14H,2H2,1H3,(H,15,16)/b9-8-,14-12?. The highest BCUT2D eigenvalue weighted by molar-refractivity contribution is 6.06. The molecule has 1 aromatic heterocycles. The van der Waals surface area contributed by atoms with Gasteiger partial charge in [-0.15, -0.1) is 0 Å². The fraction of sp³-hybridized carbons (Fsp3) is 0.0769. The maximum atomic E-state index is 7.38. The molecule has 0 atom stereocenters. The second kappa shape index (κ2) is 6.20. The van der Waals surface area contributed by atoms with Gasteiger partial charge in [0.1, 0.15) is 11.5 Å². The zero-order chi connectivity index (χ0) is 11.8. The van der Waals surface area contributed by atoms with Gasteiger partial charge in [0, 0.05) is 12.4 Å². The first-order chi connectivity index (χ1) is 7.76. The first-order valence-electron chi connectivity index (χ1n) is 4.79. The lowest BCUT2D eigenvalue weighted by Crippen LogP contribution is -1.93. The average Bonchev–Trinajstić information content (AvgIpc) is 2.30. The molecule has 0 aliphatic carbocycles. The molecule has 1 heterocycles. The molecule has 1 rings (SSSR count). The van der Waals surface area contributed by atoms with E-state index in [1.807, 2.05) is 12.1 Å². The first kappa shape index (κ1) is 11.7. The van der Waals surface area contributed by atoms with Crippen molar-refractivity contribution in [1.82, 2.24) is 4.98 Å². The Morgan fingerprint density at radius 2 is 2.38 bits per heavy atom. The van der Waals surface area contributed by atoms with Gasteiger partial charge in [0.2, 0.25) is 0 Å². The van der Waals surface area contributed by atoms with E-state index in [0.29, 0.717) is 0 Å². The first-order valence-corrected chi connectivity index (χ1v) is 4.79. The fourth-order valence-corrected chi connectivity index (χ4v) is 0.998. The van der Waals surface area contributed by atoms with Crippen molar-refractivity contribution in [2.75, 3.05) is 5.32 Å². The molecule has 0 radical (unpaired) electrons. The van der Waals surface area contributed by atoms with Crippen LogP contribution in [0.3, 0.4) is 0 Å². The topological polar surface area (TPSA) is 48.8 Å². The average molecular weight is 211 g/mol. The zero-order valence-electron chi connectivity index (χ0n) is 9.12. The van der Waals surface area contributed by atoms with Gasteiger partial charge in [0.05, 0.1) is 0 Å². The highest BCUT2D eigenvalue weighted by atomic mass is 15.0. The molecular weight excluding hydrogens is 198 g/mol. The van der Waals surface area contributed by atoms with Crippen LogP contribution >= 0.6 is 0 Å². The van der Waals surface area contributed by atoms with E-state index >= 15 is 0 Å². The number of allylic oxidation sites excluding steroid dienone is 1. The largest absolute Gasteiger partial charge is 0.347 e. The van der Waals surface area contributed by atoms with Gasteiger partial charge in [-0.1, -0.05) is 18.6 Å². The van der Waals surface area contributed by atoms with Crippen molar-refractivity contribution in [2.45, 2.75) is 6.92 Å². The minimum atomic E-state index is 0.262. The van der Waals surface area contributed by atoms with Crippen LogP contribution in [0, 0.1) is 17.3 Å². The molecule has 0 fully saturated rings. The van der Waals surface area contributed by atoms with Crippen molar-refractivity contribution in [3.05, 3.63) is 42.7 Å². The van der Waals surface area contributed by atoms with Crippen molar-refractivity contribution < 1.29 is 0 Å². The van der Waals surface area contributed by atoms with Crippen LogP contribution in [0.4, 0.5) is 5.82 Å². The molecule has 16 heavy (non-hydrogen) atoms. The summed E-state index contributed by atoms with van der Waals surface area (Å²) in [5, 5.41) is 10.3. The Balaban J connectivity index is 2.56. The fourth-order valence-electron chi connectivity index (χ4n) is 0.998. The number of pyridine rings is 1. The number of nitrogens with one attached hydrogen (secondary N) is 2. The van der Waals surface area contributed by atoms with Gasteiger partial charge in [0.25, 0.3) is 0 Å². The summed E-state index contributed by atoms with van der Waals surface area (Å²) in [6.45, 7) is 5.35. The van der Waals surface area contributed by atoms with Gasteiger partial charge < -0.3 is 5.32 Å². The molecule has 0 aliphatic rings. The molecule has 2 N–H and O–H groups in total. The summed E-state index contributed by atoms with van der Waals surface area (Å²) < 4.78 is 0. The molecule has 0 aliphatic heterocycles. The smallest absolute Gasteiger partial charge is 0.129 e. The van der Waals surface area contributed by atoms with Gasteiger partial charge in [-0.3, -0.25) is 5.41 Å². The summed E-state index contributed by atoms with van der Waals surface area (Å²) in [6.07, 6.45) is 6.68. The Hall–Kier alpha value is -2.34. The molecule has 0 bridgehead atoms. The van der Waals surface area contributed by atoms with Crippen LogP contribution in [0.25, 0.3) is 6.08 Å². The quantitative estimate of drug-likeness (QED) is 0.594.